The van der Waals surface area contributed by atoms with Gasteiger partial charge in [-0.2, -0.15) is 13.2 Å². The standard InChI is InChI=1S/C11H12F3N3OS/c12-11(13,14)10-16-6-9(19-10)8(17-15)4-3-7-2-1-5-18-7/h1-2,5-6,8,17H,3-4,15H2. The Balaban J connectivity index is 2.03. The van der Waals surface area contributed by atoms with Gasteiger partial charge in [0.25, 0.3) is 0 Å². The van der Waals surface area contributed by atoms with Crippen LogP contribution in [-0.4, -0.2) is 4.98 Å². The zero-order valence-electron chi connectivity index (χ0n) is 9.78. The van der Waals surface area contributed by atoms with Gasteiger partial charge in [-0.25, -0.2) is 4.98 Å². The molecule has 1 atom stereocenters. The van der Waals surface area contributed by atoms with Crippen LogP contribution in [0.2, 0.25) is 0 Å². The summed E-state index contributed by atoms with van der Waals surface area (Å²) in [6.45, 7) is 0. The number of nitrogens with one attached hydrogen (secondary N) is 1. The Morgan fingerprint density at radius 2 is 2.26 bits per heavy atom. The number of hydrogen-bond donors (Lipinski definition) is 2. The predicted molar refractivity (Wildman–Crippen MR) is 64.2 cm³/mol. The molecular weight excluding hydrogens is 279 g/mol. The molecule has 0 amide bonds. The normalized spacial score (nSPS) is 13.7. The summed E-state index contributed by atoms with van der Waals surface area (Å²) >= 11 is 0.600. The second-order valence-corrected chi connectivity index (χ2v) is 4.97. The Bertz CT molecular complexity index is 509. The highest BCUT2D eigenvalue weighted by Gasteiger charge is 2.35. The summed E-state index contributed by atoms with van der Waals surface area (Å²) in [4.78, 5) is 3.84. The molecule has 104 valence electrons. The molecule has 2 heterocycles. The lowest BCUT2D eigenvalue weighted by molar-refractivity contribution is -0.137. The topological polar surface area (TPSA) is 64.1 Å². The van der Waals surface area contributed by atoms with Crippen LogP contribution in [0.3, 0.4) is 0 Å². The van der Waals surface area contributed by atoms with Crippen LogP contribution < -0.4 is 11.3 Å². The van der Waals surface area contributed by atoms with E-state index in [1.165, 1.54) is 6.20 Å². The minimum absolute atomic E-state index is 0.376. The predicted octanol–water partition coefficient (Wildman–Crippen LogP) is 2.89. The quantitative estimate of drug-likeness (QED) is 0.657. The molecule has 0 aromatic carbocycles. The van der Waals surface area contributed by atoms with Crippen LogP contribution in [0.25, 0.3) is 0 Å². The van der Waals surface area contributed by atoms with Crippen molar-refractivity contribution in [1.29, 1.82) is 0 Å². The van der Waals surface area contributed by atoms with Crippen LogP contribution in [0.5, 0.6) is 0 Å². The van der Waals surface area contributed by atoms with Gasteiger partial charge in [0.15, 0.2) is 5.01 Å². The molecule has 0 fully saturated rings. The minimum Gasteiger partial charge on any atom is -0.469 e. The number of alkyl halides is 3. The largest absolute Gasteiger partial charge is 0.469 e. The third-order valence-electron chi connectivity index (χ3n) is 2.57. The van der Waals surface area contributed by atoms with Crippen LogP contribution in [-0.2, 0) is 12.6 Å². The molecule has 3 N–H and O–H groups in total. The lowest BCUT2D eigenvalue weighted by Gasteiger charge is -2.12. The van der Waals surface area contributed by atoms with Crippen molar-refractivity contribution in [1.82, 2.24) is 10.4 Å². The van der Waals surface area contributed by atoms with Gasteiger partial charge in [0.2, 0.25) is 0 Å². The molecule has 0 aliphatic heterocycles. The van der Waals surface area contributed by atoms with Gasteiger partial charge in [-0.05, 0) is 18.6 Å². The van der Waals surface area contributed by atoms with Gasteiger partial charge >= 0.3 is 6.18 Å². The van der Waals surface area contributed by atoms with E-state index in [-0.39, 0.29) is 6.04 Å². The fourth-order valence-corrected chi connectivity index (χ4v) is 2.51. The van der Waals surface area contributed by atoms with Crippen LogP contribution in [0.1, 0.15) is 28.1 Å². The molecule has 0 aliphatic rings. The minimum atomic E-state index is -4.41. The maximum Gasteiger partial charge on any atom is 0.443 e. The van der Waals surface area contributed by atoms with Crippen molar-refractivity contribution in [3.05, 3.63) is 40.2 Å². The first-order chi connectivity index (χ1) is 9.00. The molecule has 0 bridgehead atoms. The first kappa shape index (κ1) is 14.0. The van der Waals surface area contributed by atoms with E-state index in [9.17, 15) is 13.2 Å². The van der Waals surface area contributed by atoms with Crippen molar-refractivity contribution in [2.75, 3.05) is 0 Å². The van der Waals surface area contributed by atoms with E-state index in [2.05, 4.69) is 10.4 Å². The van der Waals surface area contributed by atoms with Gasteiger partial charge in [0.1, 0.15) is 5.76 Å². The van der Waals surface area contributed by atoms with Crippen LogP contribution in [0.4, 0.5) is 13.2 Å². The van der Waals surface area contributed by atoms with Crippen molar-refractivity contribution in [3.8, 4) is 0 Å². The highest BCUT2D eigenvalue weighted by atomic mass is 32.1. The van der Waals surface area contributed by atoms with Crippen LogP contribution in [0.15, 0.2) is 29.0 Å². The zero-order valence-corrected chi connectivity index (χ0v) is 10.6. The summed E-state index contributed by atoms with van der Waals surface area (Å²) in [5, 5.41) is -0.860. The summed E-state index contributed by atoms with van der Waals surface area (Å²) in [6, 6.07) is 3.19. The van der Waals surface area contributed by atoms with E-state index in [0.717, 1.165) is 5.76 Å². The molecule has 0 spiro atoms. The molecule has 0 aliphatic carbocycles. The Kier molecular flexibility index (Phi) is 4.23. The van der Waals surface area contributed by atoms with E-state index >= 15 is 0 Å². The van der Waals surface area contributed by atoms with Gasteiger partial charge in [0, 0.05) is 17.5 Å². The molecule has 0 saturated carbocycles. The second-order valence-electron chi connectivity index (χ2n) is 3.90. The summed E-state index contributed by atoms with van der Waals surface area (Å²) in [7, 11) is 0. The number of hydrazine groups is 1. The Morgan fingerprint density at radius 1 is 1.47 bits per heavy atom. The Hall–Kier alpha value is -1.38. The zero-order chi connectivity index (χ0) is 13.9. The van der Waals surface area contributed by atoms with Crippen molar-refractivity contribution in [2.24, 2.45) is 5.84 Å². The van der Waals surface area contributed by atoms with E-state index < -0.39 is 11.2 Å². The molecule has 8 heteroatoms. The summed E-state index contributed by atoms with van der Waals surface area (Å²) < 4.78 is 42.5. The van der Waals surface area contributed by atoms with E-state index in [0.29, 0.717) is 29.1 Å². The molecule has 4 nitrogen and oxygen atoms in total. The first-order valence-electron chi connectivity index (χ1n) is 5.52. The number of nitrogens with two attached hydrogens (primary N) is 1. The van der Waals surface area contributed by atoms with Crippen molar-refractivity contribution in [3.63, 3.8) is 0 Å². The first-order valence-corrected chi connectivity index (χ1v) is 6.34. The molecule has 1 unspecified atom stereocenters. The number of hydrogen-bond acceptors (Lipinski definition) is 5. The van der Waals surface area contributed by atoms with Crippen molar-refractivity contribution in [2.45, 2.75) is 25.1 Å². The number of halogens is 3. The average Bonchev–Trinajstić information content (AvgIpc) is 2.98. The number of rotatable bonds is 5. The van der Waals surface area contributed by atoms with Gasteiger partial charge < -0.3 is 4.42 Å². The lowest BCUT2D eigenvalue weighted by Crippen LogP contribution is -2.27. The van der Waals surface area contributed by atoms with Crippen LogP contribution >= 0.6 is 11.3 Å². The molecular formula is C11H12F3N3OS. The van der Waals surface area contributed by atoms with E-state index in [4.69, 9.17) is 10.3 Å². The summed E-state index contributed by atoms with van der Waals surface area (Å²) in [6.07, 6.45) is -0.539. The fraction of sp³-hybridized carbons (Fsp3) is 0.364. The molecule has 0 saturated heterocycles. The average molecular weight is 291 g/mol. The summed E-state index contributed by atoms with van der Waals surface area (Å²) in [5.41, 5.74) is 2.51. The highest BCUT2D eigenvalue weighted by Crippen LogP contribution is 2.35. The smallest absolute Gasteiger partial charge is 0.443 e. The number of nitrogens with zero attached hydrogens (tertiary/aromatic N) is 1. The van der Waals surface area contributed by atoms with Crippen LogP contribution in [0, 0.1) is 0 Å². The second kappa shape index (κ2) is 5.72. The summed E-state index contributed by atoms with van der Waals surface area (Å²) in [5.74, 6) is 6.14. The van der Waals surface area contributed by atoms with Crippen molar-refractivity contribution < 1.29 is 17.6 Å². The molecule has 19 heavy (non-hydrogen) atoms. The number of thiazole rings is 1. The molecule has 2 aromatic heterocycles. The maximum atomic E-state index is 12.5. The Labute approximate surface area is 111 Å². The molecule has 0 radical (unpaired) electrons. The number of furan rings is 1. The number of aryl methyl sites for hydroxylation is 1. The Morgan fingerprint density at radius 3 is 2.79 bits per heavy atom. The third-order valence-corrected chi connectivity index (χ3v) is 3.73. The monoisotopic (exact) mass is 291 g/mol. The molecule has 2 aromatic rings. The molecule has 2 rings (SSSR count). The highest BCUT2D eigenvalue weighted by molar-refractivity contribution is 7.11. The van der Waals surface area contributed by atoms with Crippen molar-refractivity contribution >= 4 is 11.3 Å². The fourth-order valence-electron chi connectivity index (χ4n) is 1.63. The van der Waals surface area contributed by atoms with E-state index in [1.54, 1.807) is 18.4 Å². The van der Waals surface area contributed by atoms with Gasteiger partial charge in [-0.15, -0.1) is 11.3 Å². The third kappa shape index (κ3) is 3.55. The SMILES string of the molecule is NNC(CCc1ccco1)c1cnc(C(F)(F)F)s1. The van der Waals surface area contributed by atoms with Gasteiger partial charge in [-0.1, -0.05) is 0 Å². The lowest BCUT2D eigenvalue weighted by atomic mass is 10.1. The van der Waals surface area contributed by atoms with E-state index in [1.807, 2.05) is 0 Å². The van der Waals surface area contributed by atoms with Gasteiger partial charge in [0.05, 0.1) is 12.3 Å². The van der Waals surface area contributed by atoms with Gasteiger partial charge in [-0.3, -0.25) is 11.3 Å². The number of aromatic nitrogens is 1. The maximum absolute atomic E-state index is 12.5.